The normalized spacial score (nSPS) is 33.0. The first-order valence-corrected chi connectivity index (χ1v) is 4.45. The molecular formula is C9H18FNO. The molecule has 0 bridgehead atoms. The van der Waals surface area contributed by atoms with Gasteiger partial charge in [0.25, 0.3) is 0 Å². The average molecular weight is 175 g/mol. The molecule has 0 aliphatic heterocycles. The molecule has 0 aromatic rings. The van der Waals surface area contributed by atoms with Crippen molar-refractivity contribution in [1.82, 2.24) is 5.32 Å². The van der Waals surface area contributed by atoms with E-state index in [4.69, 9.17) is 4.74 Å². The van der Waals surface area contributed by atoms with Crippen molar-refractivity contribution in [2.24, 2.45) is 5.41 Å². The van der Waals surface area contributed by atoms with Crippen molar-refractivity contribution < 1.29 is 9.13 Å². The predicted octanol–water partition coefficient (Wildman–Crippen LogP) is 1.36. The fourth-order valence-corrected chi connectivity index (χ4v) is 1.86. The second-order valence-corrected chi connectivity index (χ2v) is 3.98. The lowest BCUT2D eigenvalue weighted by Gasteiger charge is -2.51. The van der Waals surface area contributed by atoms with E-state index in [1.165, 1.54) is 0 Å². The quantitative estimate of drug-likeness (QED) is 0.696. The molecule has 0 amide bonds. The van der Waals surface area contributed by atoms with Gasteiger partial charge in [-0.2, -0.15) is 0 Å². The van der Waals surface area contributed by atoms with E-state index in [-0.39, 0.29) is 12.1 Å². The van der Waals surface area contributed by atoms with Gasteiger partial charge in [-0.15, -0.1) is 0 Å². The molecule has 0 heterocycles. The Hall–Kier alpha value is -0.150. The van der Waals surface area contributed by atoms with Crippen LogP contribution < -0.4 is 5.32 Å². The number of halogens is 1. The Bertz CT molecular complexity index is 147. The molecule has 0 spiro atoms. The highest BCUT2D eigenvalue weighted by Gasteiger charge is 2.47. The van der Waals surface area contributed by atoms with Crippen LogP contribution in [0.2, 0.25) is 0 Å². The molecule has 1 fully saturated rings. The van der Waals surface area contributed by atoms with Crippen LogP contribution in [0.15, 0.2) is 0 Å². The Kier molecular flexibility index (Phi) is 3.07. The maximum Gasteiger partial charge on any atom is 0.102 e. The van der Waals surface area contributed by atoms with Crippen molar-refractivity contribution in [3.05, 3.63) is 0 Å². The van der Waals surface area contributed by atoms with E-state index in [9.17, 15) is 4.39 Å². The molecule has 3 heteroatoms. The zero-order valence-electron chi connectivity index (χ0n) is 8.06. The van der Waals surface area contributed by atoms with E-state index in [0.29, 0.717) is 18.7 Å². The summed E-state index contributed by atoms with van der Waals surface area (Å²) in [4.78, 5) is 0. The summed E-state index contributed by atoms with van der Waals surface area (Å²) in [5, 5.41) is 3.17. The number of methoxy groups -OCH3 is 1. The van der Waals surface area contributed by atoms with Crippen LogP contribution in [0.5, 0.6) is 0 Å². The summed E-state index contributed by atoms with van der Waals surface area (Å²) >= 11 is 0. The summed E-state index contributed by atoms with van der Waals surface area (Å²) < 4.78 is 17.1. The number of nitrogens with one attached hydrogen (secondary N) is 1. The highest BCUT2D eigenvalue weighted by Crippen LogP contribution is 2.42. The lowest BCUT2D eigenvalue weighted by molar-refractivity contribution is -0.0974. The van der Waals surface area contributed by atoms with E-state index >= 15 is 0 Å². The van der Waals surface area contributed by atoms with E-state index in [1.54, 1.807) is 7.11 Å². The van der Waals surface area contributed by atoms with E-state index in [0.717, 1.165) is 6.42 Å². The molecule has 2 unspecified atom stereocenters. The van der Waals surface area contributed by atoms with Crippen molar-refractivity contribution in [2.45, 2.75) is 32.4 Å². The molecule has 2 atom stereocenters. The number of ether oxygens (including phenoxy) is 1. The van der Waals surface area contributed by atoms with Gasteiger partial charge in [-0.3, -0.25) is 0 Å². The van der Waals surface area contributed by atoms with Crippen LogP contribution in [0.25, 0.3) is 0 Å². The summed E-state index contributed by atoms with van der Waals surface area (Å²) in [6.45, 7) is 4.48. The van der Waals surface area contributed by atoms with Crippen LogP contribution >= 0.6 is 0 Å². The standard InChI is InChI=1S/C9H18FNO/c1-9(2)7(11-5-4-10)6-8(9)12-3/h7-8,11H,4-6H2,1-3H3. The molecule has 1 rings (SSSR count). The van der Waals surface area contributed by atoms with Crippen LogP contribution in [0.1, 0.15) is 20.3 Å². The number of hydrogen-bond donors (Lipinski definition) is 1. The van der Waals surface area contributed by atoms with Gasteiger partial charge in [-0.25, -0.2) is 4.39 Å². The van der Waals surface area contributed by atoms with Crippen molar-refractivity contribution >= 4 is 0 Å². The average Bonchev–Trinajstić information content (AvgIpc) is 2.03. The van der Waals surface area contributed by atoms with E-state index < -0.39 is 0 Å². The first kappa shape index (κ1) is 9.93. The second-order valence-electron chi connectivity index (χ2n) is 3.98. The summed E-state index contributed by atoms with van der Waals surface area (Å²) in [5.41, 5.74) is 0.157. The zero-order chi connectivity index (χ0) is 9.19. The molecule has 1 N–H and O–H groups in total. The summed E-state index contributed by atoms with van der Waals surface area (Å²) in [5.74, 6) is 0. The predicted molar refractivity (Wildman–Crippen MR) is 47.0 cm³/mol. The van der Waals surface area contributed by atoms with Crippen molar-refractivity contribution in [3.8, 4) is 0 Å². The van der Waals surface area contributed by atoms with E-state index in [1.807, 2.05) is 0 Å². The molecule has 0 saturated heterocycles. The largest absolute Gasteiger partial charge is 0.381 e. The third-order valence-corrected chi connectivity index (χ3v) is 2.95. The topological polar surface area (TPSA) is 21.3 Å². The monoisotopic (exact) mass is 175 g/mol. The van der Waals surface area contributed by atoms with Crippen molar-refractivity contribution in [1.29, 1.82) is 0 Å². The minimum absolute atomic E-state index is 0.157. The van der Waals surface area contributed by atoms with Crippen LogP contribution in [0, 0.1) is 5.41 Å². The molecule has 1 aliphatic rings. The minimum Gasteiger partial charge on any atom is -0.381 e. The molecule has 0 aromatic carbocycles. The van der Waals surface area contributed by atoms with Gasteiger partial charge in [0.15, 0.2) is 0 Å². The lowest BCUT2D eigenvalue weighted by atomic mass is 9.64. The van der Waals surface area contributed by atoms with Gasteiger partial charge in [0.1, 0.15) is 6.67 Å². The highest BCUT2D eigenvalue weighted by atomic mass is 19.1. The fourth-order valence-electron chi connectivity index (χ4n) is 1.86. The Morgan fingerprint density at radius 2 is 2.25 bits per heavy atom. The smallest absolute Gasteiger partial charge is 0.102 e. The molecule has 1 aliphatic carbocycles. The van der Waals surface area contributed by atoms with Gasteiger partial charge in [0.05, 0.1) is 6.10 Å². The Morgan fingerprint density at radius 3 is 2.67 bits per heavy atom. The summed E-state index contributed by atoms with van der Waals surface area (Å²) in [6, 6.07) is 0.415. The first-order chi connectivity index (χ1) is 5.62. The van der Waals surface area contributed by atoms with Gasteiger partial charge in [-0.1, -0.05) is 13.8 Å². The van der Waals surface area contributed by atoms with Gasteiger partial charge < -0.3 is 10.1 Å². The third-order valence-electron chi connectivity index (χ3n) is 2.95. The molecule has 0 radical (unpaired) electrons. The molecule has 1 saturated carbocycles. The minimum atomic E-state index is -0.287. The van der Waals surface area contributed by atoms with Crippen LogP contribution in [-0.4, -0.2) is 32.5 Å². The Balaban J connectivity index is 2.32. The van der Waals surface area contributed by atoms with Crippen molar-refractivity contribution in [2.75, 3.05) is 20.3 Å². The second kappa shape index (κ2) is 3.71. The summed E-state index contributed by atoms with van der Waals surface area (Å²) in [6.07, 6.45) is 1.33. The fraction of sp³-hybridized carbons (Fsp3) is 1.00. The molecule has 2 nitrogen and oxygen atoms in total. The Labute approximate surface area is 73.5 Å². The SMILES string of the molecule is COC1CC(NCCF)C1(C)C. The van der Waals surface area contributed by atoms with Gasteiger partial charge >= 0.3 is 0 Å². The van der Waals surface area contributed by atoms with Gasteiger partial charge in [0, 0.05) is 25.1 Å². The molecule has 0 aromatic heterocycles. The van der Waals surface area contributed by atoms with Gasteiger partial charge in [-0.05, 0) is 6.42 Å². The Morgan fingerprint density at radius 1 is 1.58 bits per heavy atom. The lowest BCUT2D eigenvalue weighted by Crippen LogP contribution is -2.60. The first-order valence-electron chi connectivity index (χ1n) is 4.45. The third kappa shape index (κ3) is 1.62. The van der Waals surface area contributed by atoms with Gasteiger partial charge in [0.2, 0.25) is 0 Å². The molecule has 72 valence electrons. The van der Waals surface area contributed by atoms with Crippen LogP contribution in [-0.2, 0) is 4.74 Å². The number of alkyl halides is 1. The summed E-state index contributed by atoms with van der Waals surface area (Å²) in [7, 11) is 1.73. The van der Waals surface area contributed by atoms with Crippen molar-refractivity contribution in [3.63, 3.8) is 0 Å². The maximum atomic E-state index is 11.9. The van der Waals surface area contributed by atoms with Crippen LogP contribution in [0.4, 0.5) is 4.39 Å². The molecule has 12 heavy (non-hydrogen) atoms. The maximum absolute atomic E-state index is 11.9. The zero-order valence-corrected chi connectivity index (χ0v) is 8.06. The number of rotatable bonds is 4. The number of hydrogen-bond acceptors (Lipinski definition) is 2. The highest BCUT2D eigenvalue weighted by molar-refractivity contribution is 5.02. The van der Waals surface area contributed by atoms with Crippen LogP contribution in [0.3, 0.4) is 0 Å². The van der Waals surface area contributed by atoms with E-state index in [2.05, 4.69) is 19.2 Å². The molecular weight excluding hydrogens is 157 g/mol.